The highest BCUT2D eigenvalue weighted by atomic mass is 32.1. The molecule has 0 bridgehead atoms. The first-order valence-corrected chi connectivity index (χ1v) is 5.17. The summed E-state index contributed by atoms with van der Waals surface area (Å²) in [5.74, 6) is 0.834. The zero-order valence-electron chi connectivity index (χ0n) is 8.40. The molecule has 2 aromatic heterocycles. The Morgan fingerprint density at radius 3 is 2.71 bits per heavy atom. The molecule has 0 saturated carbocycles. The van der Waals surface area contributed by atoms with Crippen molar-refractivity contribution in [1.29, 1.82) is 0 Å². The summed E-state index contributed by atoms with van der Waals surface area (Å²) < 4.78 is 1.76. The Bertz CT molecular complexity index is 424. The molecule has 0 spiro atoms. The zero-order valence-corrected chi connectivity index (χ0v) is 9.22. The molecule has 0 unspecified atom stereocenters. The summed E-state index contributed by atoms with van der Waals surface area (Å²) in [7, 11) is 1.89. The van der Waals surface area contributed by atoms with Gasteiger partial charge in [0.15, 0.2) is 10.9 Å². The van der Waals surface area contributed by atoms with Gasteiger partial charge in [-0.1, -0.05) is 0 Å². The van der Waals surface area contributed by atoms with Crippen LogP contribution in [0.15, 0.2) is 12.3 Å². The van der Waals surface area contributed by atoms with Crippen molar-refractivity contribution in [3.63, 3.8) is 0 Å². The fourth-order valence-corrected chi connectivity index (χ4v) is 1.94. The molecule has 2 rings (SSSR count). The lowest BCUT2D eigenvalue weighted by Gasteiger charge is -1.95. The fourth-order valence-electron chi connectivity index (χ4n) is 1.12. The van der Waals surface area contributed by atoms with Crippen molar-refractivity contribution in [3.8, 4) is 0 Å². The molecule has 0 aliphatic carbocycles. The van der Waals surface area contributed by atoms with Gasteiger partial charge in [-0.3, -0.25) is 4.68 Å². The minimum absolute atomic E-state index is 0.834. The zero-order chi connectivity index (χ0) is 10.1. The molecule has 4 nitrogen and oxygen atoms in total. The number of nitrogens with one attached hydrogen (secondary N) is 1. The lowest BCUT2D eigenvalue weighted by Crippen LogP contribution is -1.93. The van der Waals surface area contributed by atoms with Gasteiger partial charge in [0.25, 0.3) is 0 Å². The van der Waals surface area contributed by atoms with Crippen LogP contribution < -0.4 is 5.32 Å². The predicted octanol–water partition coefficient (Wildman–Crippen LogP) is 2.24. The largest absolute Gasteiger partial charge is 0.315 e. The van der Waals surface area contributed by atoms with Gasteiger partial charge < -0.3 is 5.32 Å². The highest BCUT2D eigenvalue weighted by Gasteiger charge is 2.04. The number of thiazole rings is 1. The van der Waals surface area contributed by atoms with Crippen LogP contribution in [0.1, 0.15) is 10.6 Å². The summed E-state index contributed by atoms with van der Waals surface area (Å²) in [6.45, 7) is 4.08. The van der Waals surface area contributed by atoms with Crippen LogP contribution in [0.5, 0.6) is 0 Å². The Morgan fingerprint density at radius 2 is 2.21 bits per heavy atom. The molecule has 5 heteroatoms. The fraction of sp³-hybridized carbons (Fsp3) is 0.333. The Kier molecular flexibility index (Phi) is 2.25. The van der Waals surface area contributed by atoms with E-state index in [0.717, 1.165) is 16.6 Å². The van der Waals surface area contributed by atoms with Crippen molar-refractivity contribution in [2.75, 3.05) is 5.32 Å². The van der Waals surface area contributed by atoms with Gasteiger partial charge in [0.05, 0.1) is 5.69 Å². The van der Waals surface area contributed by atoms with E-state index in [2.05, 4.69) is 22.3 Å². The molecule has 0 radical (unpaired) electrons. The van der Waals surface area contributed by atoms with E-state index < -0.39 is 0 Å². The van der Waals surface area contributed by atoms with E-state index in [1.807, 2.05) is 26.2 Å². The molecular formula is C9H12N4S. The van der Waals surface area contributed by atoms with E-state index in [1.165, 1.54) is 4.88 Å². The number of aryl methyl sites for hydroxylation is 3. The maximum atomic E-state index is 4.37. The van der Waals surface area contributed by atoms with Gasteiger partial charge in [-0.25, -0.2) is 4.98 Å². The standard InChI is InChI=1S/C9H12N4S/c1-6-7(2)14-9(10-6)11-8-4-5-13(3)12-8/h4-5H,1-3H3,(H,10,11,12). The predicted molar refractivity (Wildman–Crippen MR) is 58.1 cm³/mol. The summed E-state index contributed by atoms with van der Waals surface area (Å²) in [5, 5.41) is 8.28. The van der Waals surface area contributed by atoms with Crippen molar-refractivity contribution in [2.45, 2.75) is 13.8 Å². The third-order valence-electron chi connectivity index (χ3n) is 1.98. The van der Waals surface area contributed by atoms with E-state index in [4.69, 9.17) is 0 Å². The second-order valence-corrected chi connectivity index (χ2v) is 4.36. The number of hydrogen-bond acceptors (Lipinski definition) is 4. The van der Waals surface area contributed by atoms with E-state index in [1.54, 1.807) is 16.0 Å². The molecule has 0 amide bonds. The van der Waals surface area contributed by atoms with E-state index in [0.29, 0.717) is 0 Å². The molecule has 0 aliphatic rings. The van der Waals surface area contributed by atoms with Crippen LogP contribution in [0.4, 0.5) is 10.9 Å². The molecule has 2 aromatic rings. The van der Waals surface area contributed by atoms with Crippen LogP contribution in [0.2, 0.25) is 0 Å². The molecule has 0 atom stereocenters. The first-order chi connectivity index (χ1) is 6.65. The monoisotopic (exact) mass is 208 g/mol. The number of hydrogen-bond donors (Lipinski definition) is 1. The van der Waals surface area contributed by atoms with Crippen LogP contribution >= 0.6 is 11.3 Å². The first-order valence-electron chi connectivity index (χ1n) is 4.36. The van der Waals surface area contributed by atoms with Gasteiger partial charge in [-0.05, 0) is 13.8 Å². The van der Waals surface area contributed by atoms with Crippen LogP contribution in [0.3, 0.4) is 0 Å². The quantitative estimate of drug-likeness (QED) is 0.823. The lowest BCUT2D eigenvalue weighted by atomic mass is 10.4. The highest BCUT2D eigenvalue weighted by molar-refractivity contribution is 7.15. The van der Waals surface area contributed by atoms with Crippen LogP contribution in [0, 0.1) is 13.8 Å². The summed E-state index contributed by atoms with van der Waals surface area (Å²) in [6.07, 6.45) is 1.90. The molecule has 1 N–H and O–H groups in total. The van der Waals surface area contributed by atoms with Crippen LogP contribution in [-0.2, 0) is 7.05 Å². The van der Waals surface area contributed by atoms with Gasteiger partial charge in [0.1, 0.15) is 0 Å². The molecular weight excluding hydrogens is 196 g/mol. The molecule has 74 valence electrons. The van der Waals surface area contributed by atoms with Gasteiger partial charge in [-0.2, -0.15) is 5.10 Å². The SMILES string of the molecule is Cc1nc(Nc2ccn(C)n2)sc1C. The average Bonchev–Trinajstić information content (AvgIpc) is 2.62. The van der Waals surface area contributed by atoms with Crippen molar-refractivity contribution >= 4 is 22.3 Å². The third-order valence-corrected chi connectivity index (χ3v) is 2.97. The van der Waals surface area contributed by atoms with Crippen molar-refractivity contribution in [3.05, 3.63) is 22.8 Å². The van der Waals surface area contributed by atoms with E-state index in [9.17, 15) is 0 Å². The van der Waals surface area contributed by atoms with Crippen LogP contribution in [-0.4, -0.2) is 14.8 Å². The van der Waals surface area contributed by atoms with Gasteiger partial charge in [-0.15, -0.1) is 11.3 Å². The third kappa shape index (κ3) is 1.77. The Balaban J connectivity index is 2.18. The van der Waals surface area contributed by atoms with E-state index in [-0.39, 0.29) is 0 Å². The Labute approximate surface area is 86.6 Å². The average molecular weight is 208 g/mol. The van der Waals surface area contributed by atoms with Gasteiger partial charge in [0, 0.05) is 24.2 Å². The number of nitrogens with zero attached hydrogens (tertiary/aromatic N) is 3. The maximum absolute atomic E-state index is 4.37. The van der Waals surface area contributed by atoms with Crippen molar-refractivity contribution in [1.82, 2.24) is 14.8 Å². The lowest BCUT2D eigenvalue weighted by molar-refractivity contribution is 0.771. The Morgan fingerprint density at radius 1 is 1.43 bits per heavy atom. The van der Waals surface area contributed by atoms with Crippen molar-refractivity contribution < 1.29 is 0 Å². The second-order valence-electron chi connectivity index (χ2n) is 3.16. The number of aromatic nitrogens is 3. The maximum Gasteiger partial charge on any atom is 0.188 e. The number of anilines is 2. The summed E-state index contributed by atoms with van der Waals surface area (Å²) in [6, 6.07) is 1.92. The summed E-state index contributed by atoms with van der Waals surface area (Å²) >= 11 is 1.65. The highest BCUT2D eigenvalue weighted by Crippen LogP contribution is 2.23. The first kappa shape index (κ1) is 9.21. The Hall–Kier alpha value is -1.36. The minimum Gasteiger partial charge on any atom is -0.315 e. The molecule has 2 heterocycles. The topological polar surface area (TPSA) is 42.7 Å². The molecule has 0 aliphatic heterocycles. The molecule has 0 saturated heterocycles. The second kappa shape index (κ2) is 3.42. The van der Waals surface area contributed by atoms with Crippen molar-refractivity contribution in [2.24, 2.45) is 7.05 Å². The summed E-state index contributed by atoms with van der Waals surface area (Å²) in [5.41, 5.74) is 1.08. The number of rotatable bonds is 2. The summed E-state index contributed by atoms with van der Waals surface area (Å²) in [4.78, 5) is 5.61. The molecule has 0 aromatic carbocycles. The smallest absolute Gasteiger partial charge is 0.188 e. The van der Waals surface area contributed by atoms with E-state index >= 15 is 0 Å². The molecule has 14 heavy (non-hydrogen) atoms. The van der Waals surface area contributed by atoms with Gasteiger partial charge >= 0.3 is 0 Å². The minimum atomic E-state index is 0.834. The van der Waals surface area contributed by atoms with Crippen LogP contribution in [0.25, 0.3) is 0 Å². The normalized spacial score (nSPS) is 10.5. The molecule has 0 fully saturated rings. The van der Waals surface area contributed by atoms with Gasteiger partial charge in [0.2, 0.25) is 0 Å².